The summed E-state index contributed by atoms with van der Waals surface area (Å²) in [6.45, 7) is 10.7. The Morgan fingerprint density at radius 3 is 2.43 bits per heavy atom. The van der Waals surface area contributed by atoms with E-state index >= 15 is 0 Å². The Bertz CT molecular complexity index is 274. The molecule has 0 aliphatic carbocycles. The average molecular weight is 192 g/mol. The van der Waals surface area contributed by atoms with Gasteiger partial charge in [-0.3, -0.25) is 0 Å². The molecule has 76 valence electrons. The van der Waals surface area contributed by atoms with Crippen molar-refractivity contribution in [2.75, 3.05) is 13.2 Å². The second-order valence-electron chi connectivity index (χ2n) is 3.25. The third kappa shape index (κ3) is 2.80. The average Bonchev–Trinajstić information content (AvgIpc) is 2.37. The molecule has 0 saturated heterocycles. The zero-order valence-corrected chi connectivity index (χ0v) is 8.53. The quantitative estimate of drug-likeness (QED) is 0.640. The molecule has 0 aromatic heterocycles. The molecule has 0 amide bonds. The number of allylic oxidation sites excluding steroid dienone is 4. The van der Waals surface area contributed by atoms with Crippen molar-refractivity contribution in [1.29, 1.82) is 0 Å². The van der Waals surface area contributed by atoms with Gasteiger partial charge in [0, 0.05) is 5.92 Å². The van der Waals surface area contributed by atoms with E-state index in [-0.39, 0.29) is 0 Å². The molecule has 1 heterocycles. The Morgan fingerprint density at radius 2 is 1.86 bits per heavy atom. The second kappa shape index (κ2) is 5.32. The van der Waals surface area contributed by atoms with Gasteiger partial charge in [-0.2, -0.15) is 0 Å². The molecule has 2 heteroatoms. The minimum Gasteiger partial charge on any atom is -0.489 e. The predicted molar refractivity (Wildman–Crippen MR) is 57.6 cm³/mol. The summed E-state index contributed by atoms with van der Waals surface area (Å²) < 4.78 is 11.1. The lowest BCUT2D eigenvalue weighted by Gasteiger charge is -2.05. The molecule has 0 bridgehead atoms. The third-order valence-electron chi connectivity index (χ3n) is 1.86. The van der Waals surface area contributed by atoms with E-state index in [4.69, 9.17) is 9.47 Å². The SMILES string of the molecule is C=C/C=C\C1=C(C=C)OCC(C)CO1. The molecule has 0 aromatic carbocycles. The van der Waals surface area contributed by atoms with Crippen LogP contribution in [0, 0.1) is 5.92 Å². The second-order valence-corrected chi connectivity index (χ2v) is 3.25. The molecular formula is C12H16O2. The van der Waals surface area contributed by atoms with Crippen LogP contribution in [0.4, 0.5) is 0 Å². The maximum absolute atomic E-state index is 5.57. The number of hydrogen-bond donors (Lipinski definition) is 0. The number of ether oxygens (including phenoxy) is 2. The molecule has 14 heavy (non-hydrogen) atoms. The molecule has 0 fully saturated rings. The Labute approximate surface area is 85.2 Å². The van der Waals surface area contributed by atoms with Crippen molar-refractivity contribution in [3.63, 3.8) is 0 Å². The lowest BCUT2D eigenvalue weighted by Crippen LogP contribution is -2.07. The van der Waals surface area contributed by atoms with Gasteiger partial charge < -0.3 is 9.47 Å². The highest BCUT2D eigenvalue weighted by Gasteiger charge is 2.13. The molecule has 0 radical (unpaired) electrons. The van der Waals surface area contributed by atoms with E-state index in [1.165, 1.54) is 0 Å². The van der Waals surface area contributed by atoms with Crippen LogP contribution in [0.2, 0.25) is 0 Å². The monoisotopic (exact) mass is 192 g/mol. The zero-order valence-electron chi connectivity index (χ0n) is 8.53. The Balaban J connectivity index is 2.81. The smallest absolute Gasteiger partial charge is 0.161 e. The topological polar surface area (TPSA) is 18.5 Å². The summed E-state index contributed by atoms with van der Waals surface area (Å²) >= 11 is 0. The molecule has 1 aliphatic rings. The summed E-state index contributed by atoms with van der Waals surface area (Å²) in [6.07, 6.45) is 7.02. The first kappa shape index (κ1) is 10.6. The van der Waals surface area contributed by atoms with Gasteiger partial charge in [-0.05, 0) is 12.2 Å². The molecule has 0 aromatic rings. The van der Waals surface area contributed by atoms with Gasteiger partial charge in [0.05, 0.1) is 13.2 Å². The van der Waals surface area contributed by atoms with Crippen LogP contribution >= 0.6 is 0 Å². The van der Waals surface area contributed by atoms with Crippen molar-refractivity contribution in [3.8, 4) is 0 Å². The van der Waals surface area contributed by atoms with Gasteiger partial charge in [-0.15, -0.1) is 0 Å². The van der Waals surface area contributed by atoms with Crippen molar-refractivity contribution in [1.82, 2.24) is 0 Å². The van der Waals surface area contributed by atoms with E-state index in [0.717, 1.165) is 5.76 Å². The molecular weight excluding hydrogens is 176 g/mol. The van der Waals surface area contributed by atoms with E-state index in [1.54, 1.807) is 12.2 Å². The number of hydrogen-bond acceptors (Lipinski definition) is 2. The fourth-order valence-corrected chi connectivity index (χ4v) is 1.10. The standard InChI is InChI=1S/C12H16O2/c1-4-6-7-12-11(5-2)13-8-10(3)9-14-12/h4-7,10H,1-2,8-9H2,3H3/b7-6-. The van der Waals surface area contributed by atoms with E-state index in [1.807, 2.05) is 12.2 Å². The largest absolute Gasteiger partial charge is 0.489 e. The van der Waals surface area contributed by atoms with Crippen molar-refractivity contribution < 1.29 is 9.47 Å². The molecule has 1 unspecified atom stereocenters. The summed E-state index contributed by atoms with van der Waals surface area (Å²) in [4.78, 5) is 0. The maximum atomic E-state index is 5.57. The summed E-state index contributed by atoms with van der Waals surface area (Å²) in [7, 11) is 0. The Kier molecular flexibility index (Phi) is 4.05. The van der Waals surface area contributed by atoms with Gasteiger partial charge >= 0.3 is 0 Å². The molecule has 0 spiro atoms. The van der Waals surface area contributed by atoms with Gasteiger partial charge in [0.25, 0.3) is 0 Å². The summed E-state index contributed by atoms with van der Waals surface area (Å²) in [6, 6.07) is 0. The highest BCUT2D eigenvalue weighted by Crippen LogP contribution is 2.18. The minimum atomic E-state index is 0.402. The van der Waals surface area contributed by atoms with Crippen molar-refractivity contribution in [3.05, 3.63) is 49.0 Å². The third-order valence-corrected chi connectivity index (χ3v) is 1.86. The number of rotatable bonds is 3. The van der Waals surface area contributed by atoms with E-state index < -0.39 is 0 Å². The predicted octanol–water partition coefficient (Wildman–Crippen LogP) is 2.81. The highest BCUT2D eigenvalue weighted by atomic mass is 16.5. The summed E-state index contributed by atoms with van der Waals surface area (Å²) in [5.41, 5.74) is 0. The fourth-order valence-electron chi connectivity index (χ4n) is 1.10. The molecule has 1 rings (SSSR count). The van der Waals surface area contributed by atoms with E-state index in [0.29, 0.717) is 24.9 Å². The summed E-state index contributed by atoms with van der Waals surface area (Å²) in [5.74, 6) is 1.83. The minimum absolute atomic E-state index is 0.402. The van der Waals surface area contributed by atoms with Crippen LogP contribution in [0.3, 0.4) is 0 Å². The maximum Gasteiger partial charge on any atom is 0.161 e. The van der Waals surface area contributed by atoms with E-state index in [9.17, 15) is 0 Å². The summed E-state index contributed by atoms with van der Waals surface area (Å²) in [5, 5.41) is 0. The first-order chi connectivity index (χ1) is 6.77. The van der Waals surface area contributed by atoms with Gasteiger partial charge in [0.1, 0.15) is 0 Å². The Morgan fingerprint density at radius 1 is 1.21 bits per heavy atom. The lowest BCUT2D eigenvalue weighted by molar-refractivity contribution is 0.158. The Hall–Kier alpha value is -1.44. The zero-order chi connectivity index (χ0) is 10.4. The van der Waals surface area contributed by atoms with Crippen LogP contribution in [0.1, 0.15) is 6.92 Å². The normalized spacial score (nSPS) is 22.5. The van der Waals surface area contributed by atoms with Crippen molar-refractivity contribution >= 4 is 0 Å². The lowest BCUT2D eigenvalue weighted by atomic mass is 10.2. The molecule has 1 atom stereocenters. The van der Waals surface area contributed by atoms with Crippen LogP contribution in [-0.2, 0) is 9.47 Å². The van der Waals surface area contributed by atoms with Crippen LogP contribution in [0.15, 0.2) is 49.0 Å². The van der Waals surface area contributed by atoms with Gasteiger partial charge in [-0.25, -0.2) is 0 Å². The van der Waals surface area contributed by atoms with E-state index in [2.05, 4.69) is 20.1 Å². The molecule has 2 nitrogen and oxygen atoms in total. The van der Waals surface area contributed by atoms with Gasteiger partial charge in [0.15, 0.2) is 11.5 Å². The fraction of sp³-hybridized carbons (Fsp3) is 0.333. The van der Waals surface area contributed by atoms with Crippen LogP contribution in [-0.4, -0.2) is 13.2 Å². The highest BCUT2D eigenvalue weighted by molar-refractivity contribution is 5.25. The molecule has 0 saturated carbocycles. The van der Waals surface area contributed by atoms with Crippen LogP contribution in [0.25, 0.3) is 0 Å². The first-order valence-corrected chi connectivity index (χ1v) is 4.69. The van der Waals surface area contributed by atoms with Gasteiger partial charge in [-0.1, -0.05) is 32.2 Å². The van der Waals surface area contributed by atoms with Gasteiger partial charge in [0.2, 0.25) is 0 Å². The van der Waals surface area contributed by atoms with Crippen LogP contribution < -0.4 is 0 Å². The van der Waals surface area contributed by atoms with Crippen LogP contribution in [0.5, 0.6) is 0 Å². The molecule has 1 aliphatic heterocycles. The first-order valence-electron chi connectivity index (χ1n) is 4.69. The van der Waals surface area contributed by atoms with Crippen molar-refractivity contribution in [2.24, 2.45) is 5.92 Å². The molecule has 0 N–H and O–H groups in total. The van der Waals surface area contributed by atoms with Crippen molar-refractivity contribution in [2.45, 2.75) is 6.92 Å².